The number of nitrogens with zero attached hydrogens (tertiary/aromatic N) is 2. The molecule has 0 radical (unpaired) electrons. The van der Waals surface area contributed by atoms with E-state index < -0.39 is 10.0 Å². The Balaban J connectivity index is 1.66. The zero-order chi connectivity index (χ0) is 24.1. The number of hydrogen-bond acceptors (Lipinski definition) is 4. The van der Waals surface area contributed by atoms with Crippen LogP contribution in [-0.4, -0.2) is 45.1 Å². The average molecular weight is 472 g/mol. The van der Waals surface area contributed by atoms with Crippen LogP contribution in [0.2, 0.25) is 0 Å². The highest BCUT2D eigenvalue weighted by Crippen LogP contribution is 2.26. The van der Waals surface area contributed by atoms with Crippen LogP contribution in [0.5, 0.6) is 0 Å². The van der Waals surface area contributed by atoms with Crippen LogP contribution in [0, 0.1) is 0 Å². The minimum absolute atomic E-state index is 0.0343. The van der Waals surface area contributed by atoms with Crippen molar-refractivity contribution in [2.75, 3.05) is 30.2 Å². The first kappa shape index (κ1) is 25.2. The number of anilines is 1. The van der Waals surface area contributed by atoms with Gasteiger partial charge in [0.25, 0.3) is 0 Å². The molecule has 0 spiro atoms. The van der Waals surface area contributed by atoms with Gasteiger partial charge in [-0.05, 0) is 60.2 Å². The molecule has 0 unspecified atom stereocenters. The predicted octanol–water partition coefficient (Wildman–Crippen LogP) is 4.05. The molecule has 2 aromatic rings. The van der Waals surface area contributed by atoms with Crippen molar-refractivity contribution < 1.29 is 13.2 Å². The summed E-state index contributed by atoms with van der Waals surface area (Å²) >= 11 is 0. The summed E-state index contributed by atoms with van der Waals surface area (Å²) < 4.78 is 26.0. The monoisotopic (exact) mass is 471 g/mol. The lowest BCUT2D eigenvalue weighted by Gasteiger charge is -2.27. The SMILES string of the molecule is CC(C)(C)c1ccc(N(CC(=O)NCc2ccccc2CN2CCCCC2)S(C)(=O)=O)cc1. The summed E-state index contributed by atoms with van der Waals surface area (Å²) in [7, 11) is -3.61. The zero-order valence-electron chi connectivity index (χ0n) is 20.3. The fourth-order valence-corrected chi connectivity index (χ4v) is 5.01. The van der Waals surface area contributed by atoms with Crippen molar-refractivity contribution in [3.05, 3.63) is 65.2 Å². The minimum atomic E-state index is -3.61. The Morgan fingerprint density at radius 3 is 2.15 bits per heavy atom. The summed E-state index contributed by atoms with van der Waals surface area (Å²) in [4.78, 5) is 15.2. The molecule has 0 bridgehead atoms. The van der Waals surface area contributed by atoms with Gasteiger partial charge in [-0.15, -0.1) is 0 Å². The molecule has 2 aromatic carbocycles. The van der Waals surface area contributed by atoms with Crippen LogP contribution >= 0.6 is 0 Å². The highest BCUT2D eigenvalue weighted by molar-refractivity contribution is 7.92. The van der Waals surface area contributed by atoms with Crippen LogP contribution in [0.3, 0.4) is 0 Å². The Labute approximate surface area is 199 Å². The van der Waals surface area contributed by atoms with Crippen molar-refractivity contribution in [1.29, 1.82) is 0 Å². The van der Waals surface area contributed by atoms with E-state index >= 15 is 0 Å². The Bertz CT molecular complexity index is 1040. The molecule has 3 rings (SSSR count). The van der Waals surface area contributed by atoms with Crippen molar-refractivity contribution in [1.82, 2.24) is 10.2 Å². The normalized spacial score (nSPS) is 15.3. The number of benzene rings is 2. The first-order valence-corrected chi connectivity index (χ1v) is 13.5. The fraction of sp³-hybridized carbons (Fsp3) is 0.500. The third-order valence-corrected chi connectivity index (χ3v) is 7.29. The van der Waals surface area contributed by atoms with Gasteiger partial charge in [-0.3, -0.25) is 14.0 Å². The van der Waals surface area contributed by atoms with E-state index in [1.54, 1.807) is 12.1 Å². The standard InChI is InChI=1S/C26H37N3O3S/c1-26(2,3)23-12-14-24(15-13-23)29(33(4,31)32)20-25(30)27-18-21-10-6-7-11-22(21)19-28-16-8-5-9-17-28/h6-7,10-15H,5,8-9,16-20H2,1-4H3,(H,27,30). The Morgan fingerprint density at radius 2 is 1.58 bits per heavy atom. The van der Waals surface area contributed by atoms with Crippen molar-refractivity contribution in [3.63, 3.8) is 0 Å². The predicted molar refractivity (Wildman–Crippen MR) is 135 cm³/mol. The van der Waals surface area contributed by atoms with E-state index in [0.717, 1.165) is 41.3 Å². The minimum Gasteiger partial charge on any atom is -0.350 e. The van der Waals surface area contributed by atoms with Gasteiger partial charge in [-0.25, -0.2) is 8.42 Å². The number of piperidine rings is 1. The summed E-state index contributed by atoms with van der Waals surface area (Å²) in [6.07, 6.45) is 4.89. The number of carbonyl (C=O) groups is 1. The van der Waals surface area contributed by atoms with Crippen LogP contribution in [0.25, 0.3) is 0 Å². The van der Waals surface area contributed by atoms with Crippen LogP contribution < -0.4 is 9.62 Å². The second-order valence-electron chi connectivity index (χ2n) is 9.95. The lowest BCUT2D eigenvalue weighted by molar-refractivity contribution is -0.119. The van der Waals surface area contributed by atoms with Gasteiger partial charge in [0, 0.05) is 13.1 Å². The summed E-state index contributed by atoms with van der Waals surface area (Å²) in [6, 6.07) is 15.5. The fourth-order valence-electron chi connectivity index (χ4n) is 4.15. The molecule has 0 aliphatic carbocycles. The van der Waals surface area contributed by atoms with Crippen LogP contribution in [0.1, 0.15) is 56.7 Å². The van der Waals surface area contributed by atoms with E-state index in [9.17, 15) is 13.2 Å². The van der Waals surface area contributed by atoms with E-state index in [-0.39, 0.29) is 17.9 Å². The van der Waals surface area contributed by atoms with Crippen molar-refractivity contribution in [3.8, 4) is 0 Å². The number of carbonyl (C=O) groups excluding carboxylic acids is 1. The van der Waals surface area contributed by atoms with Gasteiger partial charge in [-0.2, -0.15) is 0 Å². The number of sulfonamides is 1. The lowest BCUT2D eigenvalue weighted by atomic mass is 9.87. The Hall–Kier alpha value is -2.38. The molecule has 7 heteroatoms. The van der Waals surface area contributed by atoms with Crippen LogP contribution in [0.4, 0.5) is 5.69 Å². The summed E-state index contributed by atoms with van der Waals surface area (Å²) in [6.45, 7) is 9.54. The van der Waals surface area contributed by atoms with Crippen molar-refractivity contribution >= 4 is 21.6 Å². The van der Waals surface area contributed by atoms with Gasteiger partial charge in [-0.1, -0.05) is 63.6 Å². The van der Waals surface area contributed by atoms with Crippen molar-refractivity contribution in [2.45, 2.75) is 58.5 Å². The van der Waals surface area contributed by atoms with E-state index in [2.05, 4.69) is 37.1 Å². The topological polar surface area (TPSA) is 69.7 Å². The highest BCUT2D eigenvalue weighted by Gasteiger charge is 2.22. The smallest absolute Gasteiger partial charge is 0.241 e. The van der Waals surface area contributed by atoms with E-state index in [0.29, 0.717) is 12.2 Å². The molecule has 1 aliphatic rings. The molecule has 0 saturated carbocycles. The Morgan fingerprint density at radius 1 is 0.970 bits per heavy atom. The zero-order valence-corrected chi connectivity index (χ0v) is 21.1. The molecule has 1 fully saturated rings. The summed E-state index contributed by atoms with van der Waals surface area (Å²) in [5, 5.41) is 2.92. The third kappa shape index (κ3) is 7.30. The molecule has 1 saturated heterocycles. The van der Waals surface area contributed by atoms with Gasteiger partial charge in [0.15, 0.2) is 0 Å². The van der Waals surface area contributed by atoms with E-state index in [1.165, 1.54) is 24.8 Å². The number of nitrogens with one attached hydrogen (secondary N) is 1. The second-order valence-corrected chi connectivity index (χ2v) is 11.9. The largest absolute Gasteiger partial charge is 0.350 e. The van der Waals surface area contributed by atoms with E-state index in [4.69, 9.17) is 0 Å². The second kappa shape index (κ2) is 10.7. The first-order chi connectivity index (χ1) is 15.5. The van der Waals surface area contributed by atoms with Gasteiger partial charge in [0.05, 0.1) is 11.9 Å². The maximum atomic E-state index is 12.7. The van der Waals surface area contributed by atoms with Gasteiger partial charge in [0.2, 0.25) is 15.9 Å². The van der Waals surface area contributed by atoms with Gasteiger partial charge >= 0.3 is 0 Å². The molecule has 1 heterocycles. The van der Waals surface area contributed by atoms with Crippen LogP contribution in [0.15, 0.2) is 48.5 Å². The lowest BCUT2D eigenvalue weighted by Crippen LogP contribution is -2.40. The summed E-state index contributed by atoms with van der Waals surface area (Å²) in [5.41, 5.74) is 3.84. The maximum Gasteiger partial charge on any atom is 0.241 e. The quantitative estimate of drug-likeness (QED) is 0.631. The molecule has 6 nitrogen and oxygen atoms in total. The Kier molecular flexibility index (Phi) is 8.19. The number of rotatable bonds is 8. The van der Waals surface area contributed by atoms with Gasteiger partial charge in [0.1, 0.15) is 6.54 Å². The molecular formula is C26H37N3O3S. The maximum absolute atomic E-state index is 12.7. The van der Waals surface area contributed by atoms with Crippen molar-refractivity contribution in [2.24, 2.45) is 0 Å². The molecule has 180 valence electrons. The molecule has 1 N–H and O–H groups in total. The van der Waals surface area contributed by atoms with E-state index in [1.807, 2.05) is 30.3 Å². The molecule has 33 heavy (non-hydrogen) atoms. The average Bonchev–Trinajstić information content (AvgIpc) is 2.76. The molecular weight excluding hydrogens is 434 g/mol. The third-order valence-electron chi connectivity index (χ3n) is 6.15. The first-order valence-electron chi connectivity index (χ1n) is 11.7. The molecule has 0 aromatic heterocycles. The number of likely N-dealkylation sites (tertiary alicyclic amines) is 1. The molecule has 1 aliphatic heterocycles. The summed E-state index contributed by atoms with van der Waals surface area (Å²) in [5.74, 6) is -0.326. The van der Waals surface area contributed by atoms with Crippen LogP contribution in [-0.2, 0) is 33.3 Å². The molecule has 0 atom stereocenters. The number of hydrogen-bond donors (Lipinski definition) is 1. The van der Waals surface area contributed by atoms with Gasteiger partial charge < -0.3 is 5.32 Å². The molecule has 1 amide bonds. The number of amides is 1. The highest BCUT2D eigenvalue weighted by atomic mass is 32.2.